The van der Waals surface area contributed by atoms with Crippen molar-refractivity contribution >= 4 is 12.0 Å². The maximum absolute atomic E-state index is 11.8. The van der Waals surface area contributed by atoms with E-state index in [2.05, 4.69) is 5.32 Å². The molecule has 1 fully saturated rings. The lowest BCUT2D eigenvalue weighted by Gasteiger charge is -2.22. The Hall–Kier alpha value is -1.26. The summed E-state index contributed by atoms with van der Waals surface area (Å²) in [5, 5.41) is 11.4. The van der Waals surface area contributed by atoms with E-state index in [1.165, 1.54) is 0 Å². The second kappa shape index (κ2) is 5.72. The van der Waals surface area contributed by atoms with E-state index in [0.717, 1.165) is 12.8 Å². The standard InChI is InChI=1S/C11H20N2O3/c1-8(2)7-12-11(16)13(9-3-4-9)6-5-10(14)15/h8-9H,3-7H2,1-2H3,(H,12,16)(H,14,15). The second-order valence-electron chi connectivity index (χ2n) is 4.65. The van der Waals surface area contributed by atoms with Crippen LogP contribution >= 0.6 is 0 Å². The van der Waals surface area contributed by atoms with Gasteiger partial charge in [-0.25, -0.2) is 4.79 Å². The van der Waals surface area contributed by atoms with E-state index in [4.69, 9.17) is 5.11 Å². The molecule has 1 aliphatic rings. The van der Waals surface area contributed by atoms with Gasteiger partial charge in [-0.15, -0.1) is 0 Å². The lowest BCUT2D eigenvalue weighted by molar-refractivity contribution is -0.137. The zero-order chi connectivity index (χ0) is 12.1. The van der Waals surface area contributed by atoms with Crippen LogP contribution in [0.15, 0.2) is 0 Å². The summed E-state index contributed by atoms with van der Waals surface area (Å²) in [5.41, 5.74) is 0. The summed E-state index contributed by atoms with van der Waals surface area (Å²) < 4.78 is 0. The molecule has 0 unspecified atom stereocenters. The van der Waals surface area contributed by atoms with Crippen molar-refractivity contribution in [1.29, 1.82) is 0 Å². The largest absolute Gasteiger partial charge is 0.481 e. The Bertz CT molecular complexity index is 262. The molecule has 0 aromatic carbocycles. The molecular formula is C11H20N2O3. The Labute approximate surface area is 95.8 Å². The van der Waals surface area contributed by atoms with Gasteiger partial charge >= 0.3 is 12.0 Å². The molecule has 0 heterocycles. The van der Waals surface area contributed by atoms with Gasteiger partial charge in [0.2, 0.25) is 0 Å². The van der Waals surface area contributed by atoms with Gasteiger partial charge in [0, 0.05) is 19.1 Å². The van der Waals surface area contributed by atoms with Crippen LogP contribution in [-0.2, 0) is 4.79 Å². The molecule has 0 aromatic heterocycles. The molecule has 92 valence electrons. The first-order valence-electron chi connectivity index (χ1n) is 5.77. The van der Waals surface area contributed by atoms with E-state index in [0.29, 0.717) is 19.0 Å². The number of hydrogen-bond donors (Lipinski definition) is 2. The third-order valence-electron chi connectivity index (χ3n) is 2.48. The number of nitrogens with one attached hydrogen (secondary N) is 1. The Morgan fingerprint density at radius 1 is 1.44 bits per heavy atom. The summed E-state index contributed by atoms with van der Waals surface area (Å²) in [7, 11) is 0. The summed E-state index contributed by atoms with van der Waals surface area (Å²) in [6.45, 7) is 5.00. The quantitative estimate of drug-likeness (QED) is 0.719. The van der Waals surface area contributed by atoms with Gasteiger partial charge in [-0.1, -0.05) is 13.8 Å². The first-order chi connectivity index (χ1) is 7.50. The monoisotopic (exact) mass is 228 g/mol. The fourth-order valence-corrected chi connectivity index (χ4v) is 1.45. The molecule has 1 saturated carbocycles. The van der Waals surface area contributed by atoms with Gasteiger partial charge in [0.05, 0.1) is 6.42 Å². The molecular weight excluding hydrogens is 208 g/mol. The maximum Gasteiger partial charge on any atom is 0.317 e. The van der Waals surface area contributed by atoms with Crippen molar-refractivity contribution in [2.45, 2.75) is 39.2 Å². The van der Waals surface area contributed by atoms with Gasteiger partial charge in [-0.05, 0) is 18.8 Å². The van der Waals surface area contributed by atoms with E-state index in [1.54, 1.807) is 4.90 Å². The molecule has 0 aromatic rings. The highest BCUT2D eigenvalue weighted by Gasteiger charge is 2.32. The van der Waals surface area contributed by atoms with Crippen molar-refractivity contribution in [3.63, 3.8) is 0 Å². The van der Waals surface area contributed by atoms with Crippen LogP contribution in [0, 0.1) is 5.92 Å². The number of carboxylic acid groups (broad SMARTS) is 1. The number of nitrogens with zero attached hydrogens (tertiary/aromatic N) is 1. The molecule has 0 bridgehead atoms. The van der Waals surface area contributed by atoms with Crippen LogP contribution in [0.2, 0.25) is 0 Å². The average molecular weight is 228 g/mol. The summed E-state index contributed by atoms with van der Waals surface area (Å²) in [6, 6.07) is 0.129. The van der Waals surface area contributed by atoms with Crippen LogP contribution in [-0.4, -0.2) is 41.1 Å². The fourth-order valence-electron chi connectivity index (χ4n) is 1.45. The number of carbonyl (C=O) groups excluding carboxylic acids is 1. The average Bonchev–Trinajstić information content (AvgIpc) is 2.98. The predicted molar refractivity (Wildman–Crippen MR) is 60.2 cm³/mol. The third-order valence-corrected chi connectivity index (χ3v) is 2.48. The molecule has 1 rings (SSSR count). The normalized spacial score (nSPS) is 14.9. The van der Waals surface area contributed by atoms with Crippen molar-refractivity contribution < 1.29 is 14.7 Å². The Morgan fingerprint density at radius 2 is 2.06 bits per heavy atom. The van der Waals surface area contributed by atoms with Crippen LogP contribution in [0.5, 0.6) is 0 Å². The van der Waals surface area contributed by atoms with Gasteiger partial charge in [0.1, 0.15) is 0 Å². The number of carboxylic acids is 1. The molecule has 5 nitrogen and oxygen atoms in total. The lowest BCUT2D eigenvalue weighted by atomic mass is 10.2. The predicted octanol–water partition coefficient (Wildman–Crippen LogP) is 1.29. The van der Waals surface area contributed by atoms with Crippen molar-refractivity contribution in [3.05, 3.63) is 0 Å². The minimum atomic E-state index is -0.859. The number of rotatable bonds is 6. The minimum Gasteiger partial charge on any atom is -0.481 e. The summed E-state index contributed by atoms with van der Waals surface area (Å²) in [5.74, 6) is -0.452. The molecule has 2 amide bonds. The Balaban J connectivity index is 2.36. The van der Waals surface area contributed by atoms with Crippen LogP contribution in [0.25, 0.3) is 0 Å². The number of carbonyl (C=O) groups is 2. The molecule has 5 heteroatoms. The second-order valence-corrected chi connectivity index (χ2v) is 4.65. The van der Waals surface area contributed by atoms with Crippen molar-refractivity contribution in [1.82, 2.24) is 10.2 Å². The van der Waals surface area contributed by atoms with E-state index in [-0.39, 0.29) is 18.5 Å². The van der Waals surface area contributed by atoms with Crippen LogP contribution < -0.4 is 5.32 Å². The third kappa shape index (κ3) is 4.51. The number of urea groups is 1. The van der Waals surface area contributed by atoms with Gasteiger partial charge in [-0.3, -0.25) is 4.79 Å². The molecule has 0 spiro atoms. The lowest BCUT2D eigenvalue weighted by Crippen LogP contribution is -2.43. The van der Waals surface area contributed by atoms with Crippen molar-refractivity contribution in [2.24, 2.45) is 5.92 Å². The van der Waals surface area contributed by atoms with Gasteiger partial charge < -0.3 is 15.3 Å². The molecule has 0 saturated heterocycles. The van der Waals surface area contributed by atoms with Crippen molar-refractivity contribution in [3.8, 4) is 0 Å². The van der Waals surface area contributed by atoms with Crippen LogP contribution in [0.3, 0.4) is 0 Å². The Kier molecular flexibility index (Phi) is 4.58. The first-order valence-corrected chi connectivity index (χ1v) is 5.77. The summed E-state index contributed by atoms with van der Waals surface area (Å²) >= 11 is 0. The van der Waals surface area contributed by atoms with Gasteiger partial charge in [0.15, 0.2) is 0 Å². The molecule has 0 radical (unpaired) electrons. The number of hydrogen-bond acceptors (Lipinski definition) is 2. The Morgan fingerprint density at radius 3 is 2.50 bits per heavy atom. The molecule has 2 N–H and O–H groups in total. The van der Waals surface area contributed by atoms with E-state index in [1.807, 2.05) is 13.8 Å². The SMILES string of the molecule is CC(C)CNC(=O)N(CCC(=O)O)C1CC1. The first kappa shape index (κ1) is 12.8. The van der Waals surface area contributed by atoms with Crippen LogP contribution in [0.4, 0.5) is 4.79 Å². The van der Waals surface area contributed by atoms with Gasteiger partial charge in [0.25, 0.3) is 0 Å². The highest BCUT2D eigenvalue weighted by atomic mass is 16.4. The van der Waals surface area contributed by atoms with Gasteiger partial charge in [-0.2, -0.15) is 0 Å². The summed E-state index contributed by atoms with van der Waals surface area (Å²) in [4.78, 5) is 23.9. The topological polar surface area (TPSA) is 69.6 Å². The smallest absolute Gasteiger partial charge is 0.317 e. The van der Waals surface area contributed by atoms with Crippen molar-refractivity contribution in [2.75, 3.05) is 13.1 Å². The van der Waals surface area contributed by atoms with E-state index >= 15 is 0 Å². The van der Waals surface area contributed by atoms with Crippen LogP contribution in [0.1, 0.15) is 33.1 Å². The minimum absolute atomic E-state index is 0.0194. The van der Waals surface area contributed by atoms with E-state index < -0.39 is 5.97 Å². The maximum atomic E-state index is 11.8. The van der Waals surface area contributed by atoms with E-state index in [9.17, 15) is 9.59 Å². The highest BCUT2D eigenvalue weighted by Crippen LogP contribution is 2.26. The zero-order valence-corrected chi connectivity index (χ0v) is 9.90. The fraction of sp³-hybridized carbons (Fsp3) is 0.818. The number of aliphatic carboxylic acids is 1. The zero-order valence-electron chi connectivity index (χ0n) is 9.90. The number of amides is 2. The molecule has 1 aliphatic carbocycles. The summed E-state index contributed by atoms with van der Waals surface area (Å²) in [6.07, 6.45) is 2.01. The highest BCUT2D eigenvalue weighted by molar-refractivity contribution is 5.76. The molecule has 0 atom stereocenters. The molecule has 0 aliphatic heterocycles. The molecule has 16 heavy (non-hydrogen) atoms.